The van der Waals surface area contributed by atoms with Gasteiger partial charge in [-0.05, 0) is 23.8 Å². The second kappa shape index (κ2) is 4.15. The van der Waals surface area contributed by atoms with E-state index in [1.165, 1.54) is 26.3 Å². The summed E-state index contributed by atoms with van der Waals surface area (Å²) in [7, 11) is 2.74. The molecule has 1 spiro atoms. The maximum atomic E-state index is 12.5. The fourth-order valence-electron chi connectivity index (χ4n) is 2.85. The van der Waals surface area contributed by atoms with Gasteiger partial charge in [-0.3, -0.25) is 29.4 Å². The van der Waals surface area contributed by atoms with Crippen LogP contribution in [-0.2, 0) is 19.8 Å². The molecule has 1 saturated heterocycles. The van der Waals surface area contributed by atoms with E-state index in [0.29, 0.717) is 5.75 Å². The zero-order chi connectivity index (χ0) is 15.4. The van der Waals surface area contributed by atoms with Crippen LogP contribution in [0, 0.1) is 0 Å². The predicted molar refractivity (Wildman–Crippen MR) is 69.5 cm³/mol. The first-order valence-corrected chi connectivity index (χ1v) is 6.27. The molecule has 1 N–H and O–H groups in total. The number of likely N-dealkylation sites (N-methyl/N-ethyl adjacent to an activating group) is 1. The first-order valence-electron chi connectivity index (χ1n) is 6.27. The summed E-state index contributed by atoms with van der Waals surface area (Å²) in [5, 5.41) is 2.14. The number of imide groups is 2. The molecule has 2 aliphatic heterocycles. The second-order valence-electron chi connectivity index (χ2n) is 5.04. The third-order valence-electron chi connectivity index (χ3n) is 3.96. The Bertz CT molecular complexity index is 711. The first-order chi connectivity index (χ1) is 9.91. The van der Waals surface area contributed by atoms with E-state index in [0.717, 1.165) is 4.90 Å². The zero-order valence-electron chi connectivity index (χ0n) is 11.4. The number of benzene rings is 1. The van der Waals surface area contributed by atoms with Crippen molar-refractivity contribution < 1.29 is 23.9 Å². The lowest BCUT2D eigenvalue weighted by atomic mass is 9.72. The highest BCUT2D eigenvalue weighted by Crippen LogP contribution is 2.41. The Morgan fingerprint density at radius 1 is 1.24 bits per heavy atom. The molecule has 108 valence electrons. The maximum absolute atomic E-state index is 12.5. The normalized spacial score (nSPS) is 24.4. The minimum Gasteiger partial charge on any atom is -0.497 e. The van der Waals surface area contributed by atoms with Crippen molar-refractivity contribution >= 4 is 23.6 Å². The lowest BCUT2D eigenvalue weighted by Crippen LogP contribution is -2.56. The van der Waals surface area contributed by atoms with E-state index in [9.17, 15) is 19.2 Å². The fourth-order valence-corrected chi connectivity index (χ4v) is 2.85. The number of nitrogens with one attached hydrogen (secondary N) is 1. The van der Waals surface area contributed by atoms with Gasteiger partial charge in [-0.2, -0.15) is 0 Å². The van der Waals surface area contributed by atoms with Gasteiger partial charge in [0, 0.05) is 12.6 Å². The van der Waals surface area contributed by atoms with E-state index in [1.807, 2.05) is 0 Å². The number of fused-ring (bicyclic) bond motifs is 2. The van der Waals surface area contributed by atoms with Crippen LogP contribution in [-0.4, -0.2) is 42.7 Å². The Hall–Kier alpha value is -2.70. The number of ether oxygens (including phenoxy) is 1. The highest BCUT2D eigenvalue weighted by molar-refractivity contribution is 6.28. The Kier molecular flexibility index (Phi) is 2.62. The topological polar surface area (TPSA) is 92.8 Å². The van der Waals surface area contributed by atoms with E-state index >= 15 is 0 Å². The molecule has 0 bridgehead atoms. The molecule has 1 aromatic rings. The molecule has 1 atom stereocenters. The molecule has 3 rings (SSSR count). The van der Waals surface area contributed by atoms with Crippen LogP contribution >= 0.6 is 0 Å². The number of rotatable bonds is 1. The highest BCUT2D eigenvalue weighted by Gasteiger charge is 2.59. The molecular formula is C14H12N2O5. The van der Waals surface area contributed by atoms with Crippen molar-refractivity contribution in [3.63, 3.8) is 0 Å². The molecule has 0 aromatic heterocycles. The summed E-state index contributed by atoms with van der Waals surface area (Å²) in [6.07, 6.45) is -0.303. The lowest BCUT2D eigenvalue weighted by molar-refractivity contribution is -0.140. The van der Waals surface area contributed by atoms with Crippen LogP contribution in [0.3, 0.4) is 0 Å². The lowest BCUT2D eigenvalue weighted by Gasteiger charge is -2.35. The average Bonchev–Trinajstić information content (AvgIpc) is 2.78. The number of methoxy groups -OCH3 is 1. The van der Waals surface area contributed by atoms with Crippen molar-refractivity contribution in [1.82, 2.24) is 10.2 Å². The van der Waals surface area contributed by atoms with Gasteiger partial charge in [0.1, 0.15) is 5.75 Å². The molecule has 0 aliphatic carbocycles. The molecular weight excluding hydrogens is 276 g/mol. The molecule has 2 heterocycles. The van der Waals surface area contributed by atoms with Crippen LogP contribution in [0.15, 0.2) is 18.2 Å². The van der Waals surface area contributed by atoms with Crippen LogP contribution in [0.25, 0.3) is 0 Å². The van der Waals surface area contributed by atoms with E-state index in [1.54, 1.807) is 6.07 Å². The van der Waals surface area contributed by atoms with Gasteiger partial charge < -0.3 is 4.74 Å². The van der Waals surface area contributed by atoms with Gasteiger partial charge in [0.05, 0.1) is 13.5 Å². The minimum atomic E-state index is -1.68. The number of nitrogens with zero attached hydrogens (tertiary/aromatic N) is 1. The summed E-state index contributed by atoms with van der Waals surface area (Å²) in [5.74, 6) is -2.03. The molecule has 1 unspecified atom stereocenters. The molecule has 0 saturated carbocycles. The van der Waals surface area contributed by atoms with Gasteiger partial charge in [-0.15, -0.1) is 0 Å². The summed E-state index contributed by atoms with van der Waals surface area (Å²) in [4.78, 5) is 49.5. The molecule has 4 amide bonds. The van der Waals surface area contributed by atoms with Gasteiger partial charge in [-0.1, -0.05) is 0 Å². The molecule has 0 radical (unpaired) electrons. The van der Waals surface area contributed by atoms with Gasteiger partial charge in [0.25, 0.3) is 5.91 Å². The Morgan fingerprint density at radius 2 is 1.95 bits per heavy atom. The van der Waals surface area contributed by atoms with Gasteiger partial charge in [-0.25, -0.2) is 0 Å². The van der Waals surface area contributed by atoms with Crippen molar-refractivity contribution in [1.29, 1.82) is 0 Å². The van der Waals surface area contributed by atoms with Gasteiger partial charge >= 0.3 is 0 Å². The summed E-state index contributed by atoms with van der Waals surface area (Å²) >= 11 is 0. The van der Waals surface area contributed by atoms with Crippen molar-refractivity contribution in [2.45, 2.75) is 11.8 Å². The molecule has 21 heavy (non-hydrogen) atoms. The first kappa shape index (κ1) is 13.3. The van der Waals surface area contributed by atoms with E-state index < -0.39 is 29.0 Å². The van der Waals surface area contributed by atoms with Crippen LogP contribution in [0.5, 0.6) is 5.75 Å². The minimum absolute atomic E-state index is 0.221. The predicted octanol–water partition coefficient (Wildman–Crippen LogP) is -0.408. The van der Waals surface area contributed by atoms with E-state index in [2.05, 4.69) is 5.32 Å². The quantitative estimate of drug-likeness (QED) is 0.560. The van der Waals surface area contributed by atoms with Gasteiger partial charge in [0.2, 0.25) is 17.7 Å². The molecule has 7 heteroatoms. The van der Waals surface area contributed by atoms with Crippen LogP contribution in [0.1, 0.15) is 22.3 Å². The van der Waals surface area contributed by atoms with Crippen molar-refractivity contribution in [3.8, 4) is 5.75 Å². The SMILES string of the molecule is COc1ccc2c(c1)C1(CC(=O)NC1=O)C(=O)N(C)C2=O. The number of amides is 4. The van der Waals surface area contributed by atoms with Crippen molar-refractivity contribution in [3.05, 3.63) is 29.3 Å². The zero-order valence-corrected chi connectivity index (χ0v) is 11.4. The average molecular weight is 288 g/mol. The Morgan fingerprint density at radius 3 is 2.52 bits per heavy atom. The number of hydrogen-bond donors (Lipinski definition) is 1. The maximum Gasteiger partial charge on any atom is 0.260 e. The number of carbonyl (C=O) groups is 4. The monoisotopic (exact) mass is 288 g/mol. The summed E-state index contributed by atoms with van der Waals surface area (Å²) in [6.45, 7) is 0. The van der Waals surface area contributed by atoms with Crippen molar-refractivity contribution in [2.75, 3.05) is 14.2 Å². The number of carbonyl (C=O) groups excluding carboxylic acids is 4. The summed E-state index contributed by atoms with van der Waals surface area (Å²) in [5.41, 5.74) is -1.23. The molecule has 2 aliphatic rings. The molecule has 1 aromatic carbocycles. The number of hydrogen-bond acceptors (Lipinski definition) is 5. The van der Waals surface area contributed by atoms with Crippen LogP contribution in [0.4, 0.5) is 0 Å². The van der Waals surface area contributed by atoms with E-state index in [-0.39, 0.29) is 17.5 Å². The third-order valence-corrected chi connectivity index (χ3v) is 3.96. The summed E-state index contributed by atoms with van der Waals surface area (Å²) in [6, 6.07) is 4.54. The standard InChI is InChI=1S/C14H12N2O5/c1-16-11(18)8-4-3-7(21-2)5-9(8)14(13(16)20)6-10(17)15-12(14)19/h3-5H,6H2,1-2H3,(H,15,17,19). The van der Waals surface area contributed by atoms with Crippen LogP contribution < -0.4 is 10.1 Å². The highest BCUT2D eigenvalue weighted by atomic mass is 16.5. The largest absolute Gasteiger partial charge is 0.497 e. The fraction of sp³-hybridized carbons (Fsp3) is 0.286. The van der Waals surface area contributed by atoms with Gasteiger partial charge in [0.15, 0.2) is 5.41 Å². The Balaban J connectivity index is 2.33. The van der Waals surface area contributed by atoms with Crippen molar-refractivity contribution in [2.24, 2.45) is 0 Å². The summed E-state index contributed by atoms with van der Waals surface area (Å²) < 4.78 is 5.09. The van der Waals surface area contributed by atoms with E-state index in [4.69, 9.17) is 4.74 Å². The smallest absolute Gasteiger partial charge is 0.260 e. The third kappa shape index (κ3) is 1.54. The molecule has 1 fully saturated rings. The van der Waals surface area contributed by atoms with Crippen LogP contribution in [0.2, 0.25) is 0 Å². The second-order valence-corrected chi connectivity index (χ2v) is 5.04. The Labute approximate surface area is 119 Å². The molecule has 7 nitrogen and oxygen atoms in total.